The molecule has 0 spiro atoms. The highest BCUT2D eigenvalue weighted by atomic mass is 79.9. The number of carbonyl (C=O) groups excluding carboxylic acids is 1. The number of nitrogens with one attached hydrogen (secondary N) is 1. The summed E-state index contributed by atoms with van der Waals surface area (Å²) in [6, 6.07) is 4.89. The van der Waals surface area contributed by atoms with Gasteiger partial charge in [0.2, 0.25) is 0 Å². The van der Waals surface area contributed by atoms with Crippen LogP contribution in [0.5, 0.6) is 0 Å². The van der Waals surface area contributed by atoms with Crippen LogP contribution in [0.4, 0.5) is 0 Å². The van der Waals surface area contributed by atoms with Crippen LogP contribution in [0.3, 0.4) is 0 Å². The van der Waals surface area contributed by atoms with Crippen LogP contribution >= 0.6 is 27.5 Å². The zero-order valence-corrected chi connectivity index (χ0v) is 10.4. The standard InChI is InChI=1S/C9H9BrClN3O2/c10-5-1-2-6(7(11)3-5)9(15)13-4-8(12)14-16/h1-3,16H,4H2,(H2,12,14)(H,13,15). The number of oxime groups is 1. The molecule has 0 bridgehead atoms. The van der Waals surface area contributed by atoms with Crippen molar-refractivity contribution in [2.75, 3.05) is 6.54 Å². The lowest BCUT2D eigenvalue weighted by molar-refractivity contribution is 0.0959. The highest BCUT2D eigenvalue weighted by Crippen LogP contribution is 2.21. The van der Waals surface area contributed by atoms with Crippen molar-refractivity contribution in [3.8, 4) is 0 Å². The molecule has 0 aliphatic heterocycles. The Labute approximate surface area is 105 Å². The van der Waals surface area contributed by atoms with Crippen LogP contribution in [-0.4, -0.2) is 23.5 Å². The highest BCUT2D eigenvalue weighted by molar-refractivity contribution is 9.10. The van der Waals surface area contributed by atoms with Gasteiger partial charge in [-0.1, -0.05) is 32.7 Å². The Hall–Kier alpha value is -1.27. The molecule has 16 heavy (non-hydrogen) atoms. The Bertz CT molecular complexity index is 437. The quantitative estimate of drug-likeness (QED) is 0.343. The normalized spacial score (nSPS) is 11.2. The SMILES string of the molecule is N/C(CNC(=O)c1ccc(Br)cc1Cl)=N\O. The number of nitrogens with two attached hydrogens (primary N) is 1. The zero-order chi connectivity index (χ0) is 12.1. The molecule has 0 heterocycles. The van der Waals surface area contributed by atoms with Gasteiger partial charge in [-0.15, -0.1) is 0 Å². The molecule has 0 aromatic heterocycles. The van der Waals surface area contributed by atoms with Crippen molar-refractivity contribution in [3.63, 3.8) is 0 Å². The molecular formula is C9H9BrClN3O2. The largest absolute Gasteiger partial charge is 0.409 e. The van der Waals surface area contributed by atoms with Gasteiger partial charge in [-0.25, -0.2) is 0 Å². The van der Waals surface area contributed by atoms with Crippen molar-refractivity contribution in [2.24, 2.45) is 10.9 Å². The summed E-state index contributed by atoms with van der Waals surface area (Å²) in [5.74, 6) is -0.467. The van der Waals surface area contributed by atoms with Gasteiger partial charge in [0.15, 0.2) is 5.84 Å². The van der Waals surface area contributed by atoms with Crippen molar-refractivity contribution in [3.05, 3.63) is 33.3 Å². The minimum Gasteiger partial charge on any atom is -0.409 e. The maximum Gasteiger partial charge on any atom is 0.253 e. The third-order valence-electron chi connectivity index (χ3n) is 1.73. The number of amidine groups is 1. The second kappa shape index (κ2) is 5.72. The molecule has 1 aromatic rings. The van der Waals surface area contributed by atoms with Crippen LogP contribution in [-0.2, 0) is 0 Å². The summed E-state index contributed by atoms with van der Waals surface area (Å²) < 4.78 is 0.783. The molecule has 7 heteroatoms. The van der Waals surface area contributed by atoms with Crippen LogP contribution < -0.4 is 11.1 Å². The van der Waals surface area contributed by atoms with Gasteiger partial charge in [-0.2, -0.15) is 0 Å². The van der Waals surface area contributed by atoms with Crippen molar-refractivity contribution in [1.82, 2.24) is 5.32 Å². The topological polar surface area (TPSA) is 87.7 Å². The predicted octanol–water partition coefficient (Wildman–Crippen LogP) is 1.58. The maximum absolute atomic E-state index is 11.6. The van der Waals surface area contributed by atoms with Crippen molar-refractivity contribution < 1.29 is 10.0 Å². The van der Waals surface area contributed by atoms with E-state index >= 15 is 0 Å². The second-order valence-electron chi connectivity index (χ2n) is 2.90. The zero-order valence-electron chi connectivity index (χ0n) is 8.08. The molecule has 86 valence electrons. The van der Waals surface area contributed by atoms with E-state index in [-0.39, 0.29) is 18.3 Å². The number of benzene rings is 1. The fraction of sp³-hybridized carbons (Fsp3) is 0.111. The molecule has 1 aromatic carbocycles. The first-order chi connectivity index (χ1) is 7.54. The Morgan fingerprint density at radius 2 is 2.31 bits per heavy atom. The van der Waals surface area contributed by atoms with E-state index in [0.717, 1.165) is 4.47 Å². The third-order valence-corrected chi connectivity index (χ3v) is 2.54. The lowest BCUT2D eigenvalue weighted by atomic mass is 10.2. The number of hydrogen-bond donors (Lipinski definition) is 3. The molecule has 0 saturated carbocycles. The van der Waals surface area contributed by atoms with Gasteiger partial charge in [0, 0.05) is 4.47 Å². The van der Waals surface area contributed by atoms with Gasteiger partial charge in [0.25, 0.3) is 5.91 Å². The number of amides is 1. The summed E-state index contributed by atoms with van der Waals surface area (Å²) in [6.45, 7) is -0.0400. The molecule has 0 radical (unpaired) electrons. The summed E-state index contributed by atoms with van der Waals surface area (Å²) in [5, 5.41) is 13.8. The van der Waals surface area contributed by atoms with E-state index in [2.05, 4.69) is 26.4 Å². The molecule has 0 aliphatic rings. The molecule has 5 nitrogen and oxygen atoms in total. The molecule has 4 N–H and O–H groups in total. The molecule has 0 saturated heterocycles. The lowest BCUT2D eigenvalue weighted by Crippen LogP contribution is -2.33. The number of rotatable bonds is 3. The van der Waals surface area contributed by atoms with Crippen molar-refractivity contribution in [1.29, 1.82) is 0 Å². The van der Waals surface area contributed by atoms with E-state index < -0.39 is 0 Å². The summed E-state index contributed by atoms with van der Waals surface area (Å²) >= 11 is 9.10. The molecule has 0 aliphatic carbocycles. The fourth-order valence-electron chi connectivity index (χ4n) is 0.975. The maximum atomic E-state index is 11.6. The van der Waals surface area contributed by atoms with Gasteiger partial charge >= 0.3 is 0 Å². The van der Waals surface area contributed by atoms with Crippen LogP contribution in [0.15, 0.2) is 27.8 Å². The number of hydrogen-bond acceptors (Lipinski definition) is 3. The molecule has 0 unspecified atom stereocenters. The molecule has 1 amide bonds. The van der Waals surface area contributed by atoms with Gasteiger partial charge in [0.05, 0.1) is 17.1 Å². The van der Waals surface area contributed by atoms with Crippen LogP contribution in [0.1, 0.15) is 10.4 Å². The van der Waals surface area contributed by atoms with Crippen LogP contribution in [0.2, 0.25) is 5.02 Å². The summed E-state index contributed by atoms with van der Waals surface area (Å²) in [6.07, 6.45) is 0. The van der Waals surface area contributed by atoms with E-state index in [1.807, 2.05) is 0 Å². The second-order valence-corrected chi connectivity index (χ2v) is 4.22. The number of carbonyl (C=O) groups is 1. The van der Waals surface area contributed by atoms with Crippen molar-refractivity contribution in [2.45, 2.75) is 0 Å². The third kappa shape index (κ3) is 3.39. The van der Waals surface area contributed by atoms with Crippen LogP contribution in [0, 0.1) is 0 Å². The van der Waals surface area contributed by atoms with E-state index in [4.69, 9.17) is 22.5 Å². The summed E-state index contributed by atoms with van der Waals surface area (Å²) in [4.78, 5) is 11.6. The summed E-state index contributed by atoms with van der Waals surface area (Å²) in [5.41, 5.74) is 5.54. The first kappa shape index (κ1) is 12.8. The number of nitrogens with zero attached hydrogens (tertiary/aromatic N) is 1. The predicted molar refractivity (Wildman–Crippen MR) is 64.9 cm³/mol. The van der Waals surface area contributed by atoms with E-state index in [9.17, 15) is 4.79 Å². The average Bonchev–Trinajstić information content (AvgIpc) is 2.25. The Balaban J connectivity index is 2.74. The molecule has 0 atom stereocenters. The Kier molecular flexibility index (Phi) is 4.57. The average molecular weight is 307 g/mol. The highest BCUT2D eigenvalue weighted by Gasteiger charge is 2.10. The van der Waals surface area contributed by atoms with E-state index in [1.165, 1.54) is 0 Å². The summed E-state index contributed by atoms with van der Waals surface area (Å²) in [7, 11) is 0. The first-order valence-electron chi connectivity index (χ1n) is 4.24. The molecule has 1 rings (SSSR count). The molecule has 0 fully saturated rings. The van der Waals surface area contributed by atoms with Gasteiger partial charge < -0.3 is 16.3 Å². The van der Waals surface area contributed by atoms with Gasteiger partial charge in [0.1, 0.15) is 0 Å². The lowest BCUT2D eigenvalue weighted by Gasteiger charge is -2.05. The minimum atomic E-state index is -0.385. The van der Waals surface area contributed by atoms with Crippen LogP contribution in [0.25, 0.3) is 0 Å². The smallest absolute Gasteiger partial charge is 0.253 e. The Morgan fingerprint density at radius 1 is 1.62 bits per heavy atom. The van der Waals surface area contributed by atoms with E-state index in [0.29, 0.717) is 10.6 Å². The Morgan fingerprint density at radius 3 is 2.88 bits per heavy atom. The van der Waals surface area contributed by atoms with E-state index in [1.54, 1.807) is 18.2 Å². The van der Waals surface area contributed by atoms with Gasteiger partial charge in [-0.05, 0) is 18.2 Å². The van der Waals surface area contributed by atoms with Crippen molar-refractivity contribution >= 4 is 39.3 Å². The van der Waals surface area contributed by atoms with Gasteiger partial charge in [-0.3, -0.25) is 4.79 Å². The first-order valence-corrected chi connectivity index (χ1v) is 5.41. The monoisotopic (exact) mass is 305 g/mol. The molecular weight excluding hydrogens is 297 g/mol. The minimum absolute atomic E-state index is 0.0400. The fourth-order valence-corrected chi connectivity index (χ4v) is 1.73. The number of halogens is 2.